The van der Waals surface area contributed by atoms with Gasteiger partial charge in [0.2, 0.25) is 0 Å². The molecule has 0 amide bonds. The van der Waals surface area contributed by atoms with Crippen LogP contribution in [0.5, 0.6) is 5.75 Å². The Morgan fingerprint density at radius 2 is 2.11 bits per heavy atom. The SMILES string of the molecule is CCN(CCCO)c1nccc2ccc(O)cc12. The molecule has 96 valence electrons. The van der Waals surface area contributed by atoms with E-state index in [0.29, 0.717) is 6.42 Å². The Morgan fingerprint density at radius 1 is 1.28 bits per heavy atom. The number of nitrogens with zero attached hydrogens (tertiary/aromatic N) is 2. The summed E-state index contributed by atoms with van der Waals surface area (Å²) in [6.07, 6.45) is 2.49. The van der Waals surface area contributed by atoms with Gasteiger partial charge >= 0.3 is 0 Å². The van der Waals surface area contributed by atoms with Crippen LogP contribution >= 0.6 is 0 Å². The zero-order valence-corrected chi connectivity index (χ0v) is 10.5. The van der Waals surface area contributed by atoms with Gasteiger partial charge in [-0.15, -0.1) is 0 Å². The average Bonchev–Trinajstić information content (AvgIpc) is 2.40. The molecule has 0 bridgehead atoms. The number of aliphatic hydroxyl groups is 1. The van der Waals surface area contributed by atoms with E-state index in [4.69, 9.17) is 5.11 Å². The number of phenols is 1. The Bertz CT molecular complexity index is 528. The summed E-state index contributed by atoms with van der Waals surface area (Å²) in [5.41, 5.74) is 0. The molecule has 0 aliphatic heterocycles. The summed E-state index contributed by atoms with van der Waals surface area (Å²) >= 11 is 0. The normalized spacial score (nSPS) is 10.8. The van der Waals surface area contributed by atoms with Crippen molar-refractivity contribution >= 4 is 16.6 Å². The van der Waals surface area contributed by atoms with E-state index in [0.717, 1.165) is 29.7 Å². The number of hydrogen-bond donors (Lipinski definition) is 2. The van der Waals surface area contributed by atoms with Crippen LogP contribution in [-0.2, 0) is 0 Å². The molecule has 0 fully saturated rings. The number of fused-ring (bicyclic) bond motifs is 1. The minimum Gasteiger partial charge on any atom is -0.508 e. The Kier molecular flexibility index (Phi) is 3.99. The highest BCUT2D eigenvalue weighted by atomic mass is 16.3. The molecule has 0 atom stereocenters. The van der Waals surface area contributed by atoms with Crippen molar-refractivity contribution in [1.29, 1.82) is 0 Å². The van der Waals surface area contributed by atoms with Crippen LogP contribution in [0.25, 0.3) is 10.8 Å². The molecular formula is C14H18N2O2. The first-order valence-corrected chi connectivity index (χ1v) is 6.19. The second-order valence-electron chi connectivity index (χ2n) is 4.20. The molecule has 4 heteroatoms. The van der Waals surface area contributed by atoms with Crippen LogP contribution in [0.3, 0.4) is 0 Å². The molecule has 18 heavy (non-hydrogen) atoms. The highest BCUT2D eigenvalue weighted by Gasteiger charge is 2.10. The molecule has 0 unspecified atom stereocenters. The lowest BCUT2D eigenvalue weighted by molar-refractivity contribution is 0.289. The molecule has 0 radical (unpaired) electrons. The molecule has 0 saturated carbocycles. The van der Waals surface area contributed by atoms with E-state index < -0.39 is 0 Å². The van der Waals surface area contributed by atoms with Crippen molar-refractivity contribution in [3.05, 3.63) is 30.5 Å². The van der Waals surface area contributed by atoms with Gasteiger partial charge in [0, 0.05) is 31.3 Å². The van der Waals surface area contributed by atoms with Gasteiger partial charge in [0.05, 0.1) is 0 Å². The van der Waals surface area contributed by atoms with E-state index in [9.17, 15) is 5.11 Å². The Balaban J connectivity index is 2.44. The first-order chi connectivity index (χ1) is 8.76. The van der Waals surface area contributed by atoms with Crippen molar-refractivity contribution < 1.29 is 10.2 Å². The number of aromatic hydroxyl groups is 1. The van der Waals surface area contributed by atoms with E-state index in [-0.39, 0.29) is 12.4 Å². The molecule has 0 aliphatic rings. The van der Waals surface area contributed by atoms with Gasteiger partial charge in [0.1, 0.15) is 11.6 Å². The van der Waals surface area contributed by atoms with E-state index in [2.05, 4.69) is 16.8 Å². The number of rotatable bonds is 5. The number of anilines is 1. The number of pyridine rings is 1. The van der Waals surface area contributed by atoms with E-state index in [1.807, 2.05) is 12.1 Å². The molecule has 4 nitrogen and oxygen atoms in total. The molecule has 1 aromatic carbocycles. The lowest BCUT2D eigenvalue weighted by Gasteiger charge is -2.23. The third-order valence-electron chi connectivity index (χ3n) is 3.00. The van der Waals surface area contributed by atoms with Gasteiger partial charge < -0.3 is 15.1 Å². The highest BCUT2D eigenvalue weighted by Crippen LogP contribution is 2.27. The minimum absolute atomic E-state index is 0.173. The molecule has 2 N–H and O–H groups in total. The van der Waals surface area contributed by atoms with Crippen LogP contribution < -0.4 is 4.90 Å². The number of benzene rings is 1. The summed E-state index contributed by atoms with van der Waals surface area (Å²) in [7, 11) is 0. The Labute approximate surface area is 107 Å². The molecule has 1 aromatic heterocycles. The fourth-order valence-corrected chi connectivity index (χ4v) is 2.07. The van der Waals surface area contributed by atoms with Crippen LogP contribution in [0.15, 0.2) is 30.5 Å². The third-order valence-corrected chi connectivity index (χ3v) is 3.00. The summed E-state index contributed by atoms with van der Waals surface area (Å²) in [5, 5.41) is 20.5. The summed E-state index contributed by atoms with van der Waals surface area (Å²) in [5.74, 6) is 1.11. The zero-order chi connectivity index (χ0) is 13.0. The summed E-state index contributed by atoms with van der Waals surface area (Å²) < 4.78 is 0. The van der Waals surface area contributed by atoms with E-state index in [1.54, 1.807) is 18.3 Å². The third kappa shape index (κ3) is 2.54. The maximum Gasteiger partial charge on any atom is 0.136 e. The fraction of sp³-hybridized carbons (Fsp3) is 0.357. The van der Waals surface area contributed by atoms with Gasteiger partial charge in [-0.3, -0.25) is 0 Å². The van der Waals surface area contributed by atoms with Gasteiger partial charge in [-0.25, -0.2) is 4.98 Å². The average molecular weight is 246 g/mol. The van der Waals surface area contributed by atoms with Gasteiger partial charge in [0.15, 0.2) is 0 Å². The standard InChI is InChI=1S/C14H18N2O2/c1-2-16(8-3-9-17)14-13-10-12(18)5-4-11(13)6-7-15-14/h4-7,10,17-18H,2-3,8-9H2,1H3. The molecule has 0 aliphatic carbocycles. The predicted octanol–water partition coefficient (Wildman–Crippen LogP) is 2.15. The summed E-state index contributed by atoms with van der Waals surface area (Å²) in [6.45, 7) is 3.81. The highest BCUT2D eigenvalue weighted by molar-refractivity contribution is 5.93. The van der Waals surface area contributed by atoms with Crippen LogP contribution in [0.2, 0.25) is 0 Å². The number of hydrogen-bond acceptors (Lipinski definition) is 4. The van der Waals surface area contributed by atoms with Crippen molar-refractivity contribution in [3.8, 4) is 5.75 Å². The molecular weight excluding hydrogens is 228 g/mol. The minimum atomic E-state index is 0.173. The van der Waals surface area contributed by atoms with E-state index in [1.165, 1.54) is 0 Å². The predicted molar refractivity (Wildman–Crippen MR) is 73.0 cm³/mol. The van der Waals surface area contributed by atoms with Gasteiger partial charge in [0.25, 0.3) is 0 Å². The zero-order valence-electron chi connectivity index (χ0n) is 10.5. The van der Waals surface area contributed by atoms with Crippen LogP contribution in [0.1, 0.15) is 13.3 Å². The summed E-state index contributed by atoms with van der Waals surface area (Å²) in [6, 6.07) is 7.23. The molecule has 2 rings (SSSR count). The number of aromatic nitrogens is 1. The van der Waals surface area contributed by atoms with Crippen molar-refractivity contribution in [2.75, 3.05) is 24.6 Å². The smallest absolute Gasteiger partial charge is 0.136 e. The van der Waals surface area contributed by atoms with Crippen molar-refractivity contribution in [2.45, 2.75) is 13.3 Å². The molecule has 0 spiro atoms. The summed E-state index contributed by atoms with van der Waals surface area (Å²) in [4.78, 5) is 6.51. The van der Waals surface area contributed by atoms with Crippen LogP contribution in [0, 0.1) is 0 Å². The van der Waals surface area contributed by atoms with Crippen molar-refractivity contribution in [3.63, 3.8) is 0 Å². The number of aliphatic hydroxyl groups excluding tert-OH is 1. The fourth-order valence-electron chi connectivity index (χ4n) is 2.07. The monoisotopic (exact) mass is 246 g/mol. The van der Waals surface area contributed by atoms with Gasteiger partial charge in [-0.2, -0.15) is 0 Å². The largest absolute Gasteiger partial charge is 0.508 e. The molecule has 2 aromatic rings. The maximum atomic E-state index is 9.60. The second kappa shape index (κ2) is 5.69. The Morgan fingerprint density at radius 3 is 2.83 bits per heavy atom. The quantitative estimate of drug-likeness (QED) is 0.848. The molecule has 0 saturated heterocycles. The first kappa shape index (κ1) is 12.6. The van der Waals surface area contributed by atoms with Gasteiger partial charge in [-0.1, -0.05) is 6.07 Å². The maximum absolute atomic E-state index is 9.60. The molecule has 1 heterocycles. The van der Waals surface area contributed by atoms with Crippen molar-refractivity contribution in [1.82, 2.24) is 4.98 Å². The van der Waals surface area contributed by atoms with Gasteiger partial charge in [-0.05, 0) is 36.9 Å². The number of phenolic OH excluding ortho intramolecular Hbond substituents is 1. The topological polar surface area (TPSA) is 56.6 Å². The lowest BCUT2D eigenvalue weighted by atomic mass is 10.1. The Hall–Kier alpha value is -1.81. The first-order valence-electron chi connectivity index (χ1n) is 6.19. The lowest BCUT2D eigenvalue weighted by Crippen LogP contribution is -2.25. The van der Waals surface area contributed by atoms with E-state index >= 15 is 0 Å². The van der Waals surface area contributed by atoms with Crippen LogP contribution in [-0.4, -0.2) is 34.9 Å². The van der Waals surface area contributed by atoms with Crippen molar-refractivity contribution in [2.24, 2.45) is 0 Å². The second-order valence-corrected chi connectivity index (χ2v) is 4.20. The van der Waals surface area contributed by atoms with Crippen LogP contribution in [0.4, 0.5) is 5.82 Å².